The molecule has 0 bridgehead atoms. The Labute approximate surface area is 148 Å². The Bertz CT molecular complexity index is 933. The van der Waals surface area contributed by atoms with Crippen molar-refractivity contribution in [2.45, 2.75) is 6.42 Å². The zero-order chi connectivity index (χ0) is 17.9. The summed E-state index contributed by atoms with van der Waals surface area (Å²) in [5.74, 6) is -0.359. The lowest BCUT2D eigenvalue weighted by Crippen LogP contribution is -2.32. The molecule has 1 aromatic heterocycles. The summed E-state index contributed by atoms with van der Waals surface area (Å²) in [5, 5.41) is 0. The van der Waals surface area contributed by atoms with Crippen molar-refractivity contribution in [2.75, 3.05) is 17.2 Å². The molecule has 1 aliphatic heterocycles. The van der Waals surface area contributed by atoms with Crippen molar-refractivity contribution in [3.63, 3.8) is 0 Å². The van der Waals surface area contributed by atoms with Crippen LogP contribution in [0, 0.1) is 0 Å². The van der Waals surface area contributed by atoms with Gasteiger partial charge in [-0.1, -0.05) is 24.3 Å². The van der Waals surface area contributed by atoms with Gasteiger partial charge in [-0.15, -0.1) is 0 Å². The minimum Gasteiger partial charge on any atom is -0.748 e. The molecule has 3 rings (SSSR count). The van der Waals surface area contributed by atoms with E-state index in [1.54, 1.807) is 0 Å². The van der Waals surface area contributed by atoms with Crippen molar-refractivity contribution in [3.05, 3.63) is 71.7 Å². The SMILES string of the molecule is C[n+]1ccccc1C=C1C=Cc2ccccc2N1CCCS(=O)(=O)[O-]. The van der Waals surface area contributed by atoms with Crippen LogP contribution in [0.5, 0.6) is 0 Å². The molecule has 0 N–H and O–H groups in total. The largest absolute Gasteiger partial charge is 0.748 e. The Morgan fingerprint density at radius 3 is 2.64 bits per heavy atom. The van der Waals surface area contributed by atoms with Crippen LogP contribution >= 0.6 is 0 Å². The average molecular weight is 356 g/mol. The molecule has 1 aliphatic rings. The molecule has 2 heterocycles. The molecule has 1 aromatic carbocycles. The number of allylic oxidation sites excluding steroid dienone is 1. The predicted molar refractivity (Wildman–Crippen MR) is 97.6 cm³/mol. The van der Waals surface area contributed by atoms with Gasteiger partial charge in [0.2, 0.25) is 5.69 Å². The maximum Gasteiger partial charge on any atom is 0.207 e. The van der Waals surface area contributed by atoms with E-state index in [9.17, 15) is 13.0 Å². The monoisotopic (exact) mass is 356 g/mol. The lowest BCUT2D eigenvalue weighted by Gasteiger charge is -2.30. The molecular weight excluding hydrogens is 336 g/mol. The lowest BCUT2D eigenvalue weighted by molar-refractivity contribution is -0.673. The van der Waals surface area contributed by atoms with E-state index in [0.29, 0.717) is 6.54 Å². The van der Waals surface area contributed by atoms with Crippen molar-refractivity contribution >= 4 is 28.0 Å². The van der Waals surface area contributed by atoms with E-state index in [4.69, 9.17) is 0 Å². The first-order chi connectivity index (χ1) is 11.9. The molecule has 6 heteroatoms. The van der Waals surface area contributed by atoms with Crippen LogP contribution in [-0.2, 0) is 17.2 Å². The maximum atomic E-state index is 10.9. The summed E-state index contributed by atoms with van der Waals surface area (Å²) in [7, 11) is -2.23. The summed E-state index contributed by atoms with van der Waals surface area (Å²) in [6.07, 6.45) is 8.37. The fraction of sp³-hybridized carbons (Fsp3) is 0.211. The number of nitrogens with zero attached hydrogens (tertiary/aromatic N) is 2. The van der Waals surface area contributed by atoms with Crippen LogP contribution in [-0.4, -0.2) is 25.3 Å². The second kappa shape index (κ2) is 7.21. The van der Waals surface area contributed by atoms with Crippen LogP contribution in [0.15, 0.2) is 60.4 Å². The second-order valence-electron chi connectivity index (χ2n) is 5.96. The number of hydrogen-bond acceptors (Lipinski definition) is 4. The molecule has 5 nitrogen and oxygen atoms in total. The summed E-state index contributed by atoms with van der Waals surface area (Å²) < 4.78 is 34.8. The minimum atomic E-state index is -4.20. The van der Waals surface area contributed by atoms with Gasteiger partial charge in [0.1, 0.15) is 7.05 Å². The van der Waals surface area contributed by atoms with Crippen molar-refractivity contribution < 1.29 is 17.5 Å². The van der Waals surface area contributed by atoms with E-state index in [1.807, 2.05) is 72.4 Å². The van der Waals surface area contributed by atoms with Crippen LogP contribution in [0.4, 0.5) is 5.69 Å². The molecule has 0 amide bonds. The average Bonchev–Trinajstić information content (AvgIpc) is 2.57. The molecule has 0 fully saturated rings. The molecule has 0 saturated heterocycles. The smallest absolute Gasteiger partial charge is 0.207 e. The maximum absolute atomic E-state index is 10.9. The number of anilines is 1. The summed E-state index contributed by atoms with van der Waals surface area (Å²) in [4.78, 5) is 2.06. The molecule has 0 radical (unpaired) electrons. The quantitative estimate of drug-likeness (QED) is 0.609. The molecule has 2 aromatic rings. The van der Waals surface area contributed by atoms with E-state index >= 15 is 0 Å². The number of hydrogen-bond donors (Lipinski definition) is 0. The molecule has 0 atom stereocenters. The number of fused-ring (bicyclic) bond motifs is 1. The van der Waals surface area contributed by atoms with Crippen molar-refractivity contribution in [2.24, 2.45) is 7.05 Å². The van der Waals surface area contributed by atoms with Gasteiger partial charge < -0.3 is 9.45 Å². The second-order valence-corrected chi connectivity index (χ2v) is 7.49. The van der Waals surface area contributed by atoms with E-state index < -0.39 is 10.1 Å². The van der Waals surface area contributed by atoms with Gasteiger partial charge in [0.25, 0.3) is 0 Å². The standard InChI is InChI=1S/C19H20N2O3S/c1-20-12-5-4-8-17(20)15-18-11-10-16-7-2-3-9-19(16)21(18)13-6-14-25(22,23)24/h2-5,7-12,15H,6,13-14H2,1H3. The van der Waals surface area contributed by atoms with Crippen LogP contribution in [0.2, 0.25) is 0 Å². The molecule has 0 unspecified atom stereocenters. The van der Waals surface area contributed by atoms with E-state index in [0.717, 1.165) is 22.6 Å². The first-order valence-corrected chi connectivity index (χ1v) is 9.66. The number of benzene rings is 1. The first kappa shape index (κ1) is 17.4. The van der Waals surface area contributed by atoms with Crippen LogP contribution in [0.25, 0.3) is 12.2 Å². The highest BCUT2D eigenvalue weighted by molar-refractivity contribution is 7.85. The molecule has 0 saturated carbocycles. The van der Waals surface area contributed by atoms with Gasteiger partial charge in [-0.25, -0.2) is 13.0 Å². The molecule has 130 valence electrons. The van der Waals surface area contributed by atoms with Crippen molar-refractivity contribution in [1.82, 2.24) is 0 Å². The third-order valence-electron chi connectivity index (χ3n) is 4.14. The Hall–Kier alpha value is -2.44. The van der Waals surface area contributed by atoms with Gasteiger partial charge in [-0.3, -0.25) is 0 Å². The third-order valence-corrected chi connectivity index (χ3v) is 4.93. The fourth-order valence-corrected chi connectivity index (χ4v) is 3.37. The highest BCUT2D eigenvalue weighted by Gasteiger charge is 2.18. The van der Waals surface area contributed by atoms with Crippen LogP contribution < -0.4 is 9.47 Å². The van der Waals surface area contributed by atoms with E-state index in [2.05, 4.69) is 11.0 Å². The Morgan fingerprint density at radius 1 is 1.12 bits per heavy atom. The van der Waals surface area contributed by atoms with Gasteiger partial charge in [0.15, 0.2) is 6.20 Å². The number of para-hydroxylation sites is 1. The molecule has 0 spiro atoms. The van der Waals surface area contributed by atoms with E-state index in [-0.39, 0.29) is 12.2 Å². The fourth-order valence-electron chi connectivity index (χ4n) is 2.89. The highest BCUT2D eigenvalue weighted by atomic mass is 32.2. The summed E-state index contributed by atoms with van der Waals surface area (Å²) >= 11 is 0. The topological polar surface area (TPSA) is 64.3 Å². The lowest BCUT2D eigenvalue weighted by atomic mass is 10.0. The Morgan fingerprint density at radius 2 is 1.88 bits per heavy atom. The zero-order valence-corrected chi connectivity index (χ0v) is 14.8. The minimum absolute atomic E-state index is 0.284. The normalized spacial score (nSPS) is 15.4. The van der Waals surface area contributed by atoms with Crippen molar-refractivity contribution in [1.29, 1.82) is 0 Å². The van der Waals surface area contributed by atoms with Gasteiger partial charge in [-0.2, -0.15) is 0 Å². The Balaban J connectivity index is 1.94. The van der Waals surface area contributed by atoms with Crippen LogP contribution in [0.3, 0.4) is 0 Å². The summed E-state index contributed by atoms with van der Waals surface area (Å²) in [6.45, 7) is 0.463. The van der Waals surface area contributed by atoms with Gasteiger partial charge in [0.05, 0.1) is 10.1 Å². The molecular formula is C19H20N2O3S. The summed E-state index contributed by atoms with van der Waals surface area (Å²) in [5.41, 5.74) is 4.08. The number of pyridine rings is 1. The molecule has 25 heavy (non-hydrogen) atoms. The zero-order valence-electron chi connectivity index (χ0n) is 14.0. The van der Waals surface area contributed by atoms with Crippen molar-refractivity contribution in [3.8, 4) is 0 Å². The van der Waals surface area contributed by atoms with E-state index in [1.165, 1.54) is 0 Å². The highest BCUT2D eigenvalue weighted by Crippen LogP contribution is 2.31. The molecule has 0 aliphatic carbocycles. The summed E-state index contributed by atoms with van der Waals surface area (Å²) in [6, 6.07) is 13.9. The number of rotatable bonds is 5. The Kier molecular flexibility index (Phi) is 5.01. The third kappa shape index (κ3) is 4.35. The van der Waals surface area contributed by atoms with Gasteiger partial charge >= 0.3 is 0 Å². The predicted octanol–water partition coefficient (Wildman–Crippen LogP) is 2.32. The van der Waals surface area contributed by atoms with Gasteiger partial charge in [-0.05, 0) is 30.2 Å². The number of aromatic nitrogens is 1. The van der Waals surface area contributed by atoms with Crippen LogP contribution in [0.1, 0.15) is 17.7 Å². The van der Waals surface area contributed by atoms with Gasteiger partial charge in [0, 0.05) is 41.9 Å². The first-order valence-electron chi connectivity index (χ1n) is 8.09. The number of aryl methyl sites for hydroxylation is 1.